The molecule has 0 spiro atoms. The van der Waals surface area contributed by atoms with Gasteiger partial charge in [-0.15, -0.1) is 0 Å². The molecule has 0 amide bonds. The summed E-state index contributed by atoms with van der Waals surface area (Å²) in [5.41, 5.74) is 0. The average Bonchev–Trinajstić information content (AvgIpc) is 2.63. The second-order valence-electron chi connectivity index (χ2n) is 2.39. The van der Waals surface area contributed by atoms with Crippen LogP contribution in [0.2, 0.25) is 0 Å². The van der Waals surface area contributed by atoms with E-state index in [1.165, 1.54) is 0 Å². The molecule has 13 heavy (non-hydrogen) atoms. The third kappa shape index (κ3) is 2.05. The van der Waals surface area contributed by atoms with E-state index in [1.54, 1.807) is 0 Å². The van der Waals surface area contributed by atoms with Gasteiger partial charge in [-0.3, -0.25) is 0 Å². The zero-order valence-electron chi connectivity index (χ0n) is 7.80. The summed E-state index contributed by atoms with van der Waals surface area (Å²) in [4.78, 5) is 3.69. The van der Waals surface area contributed by atoms with Crippen molar-refractivity contribution in [1.82, 2.24) is 10.1 Å². The lowest BCUT2D eigenvalue weighted by atomic mass is 10.3. The van der Waals surface area contributed by atoms with Gasteiger partial charge in [-0.25, -0.2) is 0 Å². The molecule has 2 aromatic rings. The Kier molecular flexibility index (Phi) is 1.90. The van der Waals surface area contributed by atoms with Crippen molar-refractivity contribution in [2.75, 3.05) is 0 Å². The van der Waals surface area contributed by atoms with E-state index in [-0.39, 0.29) is 12.9 Å². The number of hydrogen-bond acceptors (Lipinski definition) is 4. The van der Waals surface area contributed by atoms with Crippen LogP contribution in [-0.2, 0) is 6.61 Å². The monoisotopic (exact) mass is 177 g/mol. The summed E-state index contributed by atoms with van der Waals surface area (Å²) in [7, 11) is 0. The van der Waals surface area contributed by atoms with Crippen LogP contribution in [0, 0.1) is 0 Å². The number of rotatable bonds is 3. The highest BCUT2D eigenvalue weighted by molar-refractivity contribution is 5.20. The Labute approximate surface area is 76.6 Å². The van der Waals surface area contributed by atoms with Gasteiger partial charge in [-0.2, -0.15) is 4.98 Å². The molecule has 4 heteroatoms. The average molecular weight is 177 g/mol. The van der Waals surface area contributed by atoms with Crippen LogP contribution in [-0.4, -0.2) is 10.1 Å². The normalized spacial score (nSPS) is 10.9. The van der Waals surface area contributed by atoms with Crippen molar-refractivity contribution in [3.8, 4) is 5.75 Å². The summed E-state index contributed by atoms with van der Waals surface area (Å²) in [6.45, 7) is 0.190. The standard InChI is InChI=1S/C9H8N2O2/c1-2-4-8(5-3-1)12-6-9-10-7-11-13-9/h1-5,7H,6H2/i7D. The van der Waals surface area contributed by atoms with Crippen molar-refractivity contribution in [2.24, 2.45) is 0 Å². The van der Waals surface area contributed by atoms with E-state index in [0.29, 0.717) is 5.89 Å². The van der Waals surface area contributed by atoms with Gasteiger partial charge in [0.05, 0.1) is 0 Å². The van der Waals surface area contributed by atoms with Crippen LogP contribution < -0.4 is 4.74 Å². The molecule has 66 valence electrons. The lowest BCUT2D eigenvalue weighted by Gasteiger charge is -2.00. The van der Waals surface area contributed by atoms with Gasteiger partial charge >= 0.3 is 0 Å². The van der Waals surface area contributed by atoms with Gasteiger partial charge in [0.1, 0.15) is 7.12 Å². The smallest absolute Gasteiger partial charge is 0.264 e. The molecule has 0 N–H and O–H groups in total. The first-order valence-electron chi connectivity index (χ1n) is 4.31. The molecule has 0 aliphatic heterocycles. The number of hydrogen-bond donors (Lipinski definition) is 0. The molecule has 1 heterocycles. The predicted molar refractivity (Wildman–Crippen MR) is 45.1 cm³/mol. The Morgan fingerprint density at radius 1 is 1.38 bits per heavy atom. The van der Waals surface area contributed by atoms with Gasteiger partial charge in [0.25, 0.3) is 5.89 Å². The number of ether oxygens (including phenoxy) is 1. The van der Waals surface area contributed by atoms with E-state index >= 15 is 0 Å². The van der Waals surface area contributed by atoms with E-state index < -0.39 is 0 Å². The van der Waals surface area contributed by atoms with Crippen molar-refractivity contribution in [3.05, 3.63) is 42.5 Å². The van der Waals surface area contributed by atoms with E-state index in [1.807, 2.05) is 30.3 Å². The van der Waals surface area contributed by atoms with Gasteiger partial charge in [0, 0.05) is 0 Å². The minimum absolute atomic E-state index is 0.128. The van der Waals surface area contributed by atoms with Gasteiger partial charge in [-0.05, 0) is 12.1 Å². The number of para-hydroxylation sites is 1. The SMILES string of the molecule is [2H]c1noc(COc2ccccc2)n1. The lowest BCUT2D eigenvalue weighted by Crippen LogP contribution is -1.94. The van der Waals surface area contributed by atoms with Gasteiger partial charge in [-0.1, -0.05) is 23.4 Å². The maximum atomic E-state index is 7.03. The molecule has 0 aliphatic rings. The van der Waals surface area contributed by atoms with Crippen LogP contribution in [0.5, 0.6) is 5.75 Å². The highest BCUT2D eigenvalue weighted by atomic mass is 16.5. The minimum atomic E-state index is -0.128. The third-order valence-corrected chi connectivity index (χ3v) is 1.47. The van der Waals surface area contributed by atoms with Crippen molar-refractivity contribution < 1.29 is 10.6 Å². The molecule has 1 aromatic heterocycles. The number of benzene rings is 1. The Balaban J connectivity index is 1.95. The maximum absolute atomic E-state index is 7.03. The van der Waals surface area contributed by atoms with Crippen molar-refractivity contribution in [3.63, 3.8) is 0 Å². The minimum Gasteiger partial charge on any atom is -0.484 e. The number of nitrogens with zero attached hydrogens (tertiary/aromatic N) is 2. The second kappa shape index (κ2) is 3.71. The largest absolute Gasteiger partial charge is 0.484 e. The first-order chi connectivity index (χ1) is 6.84. The molecule has 0 radical (unpaired) electrons. The Morgan fingerprint density at radius 2 is 2.23 bits per heavy atom. The Bertz CT molecular complexity index is 402. The molecule has 0 saturated carbocycles. The molecule has 1 aromatic carbocycles. The molecule has 0 fully saturated rings. The predicted octanol–water partition coefficient (Wildman–Crippen LogP) is 1.65. The Morgan fingerprint density at radius 3 is 2.92 bits per heavy atom. The quantitative estimate of drug-likeness (QED) is 0.715. The number of aromatic nitrogens is 2. The van der Waals surface area contributed by atoms with Crippen molar-refractivity contribution in [1.29, 1.82) is 0 Å². The fourth-order valence-electron chi connectivity index (χ4n) is 0.890. The first kappa shape index (κ1) is 6.65. The molecule has 0 unspecified atom stereocenters. The summed E-state index contributed by atoms with van der Waals surface area (Å²) in [6.07, 6.45) is -0.128. The maximum Gasteiger partial charge on any atom is 0.264 e. The summed E-state index contributed by atoms with van der Waals surface area (Å²) < 4.78 is 17.1. The van der Waals surface area contributed by atoms with Crippen LogP contribution in [0.25, 0.3) is 0 Å². The summed E-state index contributed by atoms with van der Waals surface area (Å²) in [6, 6.07) is 9.32. The van der Waals surface area contributed by atoms with E-state index in [2.05, 4.69) is 10.1 Å². The topological polar surface area (TPSA) is 48.2 Å². The van der Waals surface area contributed by atoms with E-state index in [4.69, 9.17) is 10.6 Å². The molecule has 0 aliphatic carbocycles. The Hall–Kier alpha value is -1.84. The zero-order valence-corrected chi connectivity index (χ0v) is 6.80. The highest BCUT2D eigenvalue weighted by Gasteiger charge is 1.98. The molecule has 4 nitrogen and oxygen atoms in total. The summed E-state index contributed by atoms with van der Waals surface area (Å²) in [5, 5.41) is 3.33. The van der Waals surface area contributed by atoms with Crippen LogP contribution in [0.3, 0.4) is 0 Å². The fraction of sp³-hybridized carbons (Fsp3) is 0.111. The molecular weight excluding hydrogens is 168 g/mol. The van der Waals surface area contributed by atoms with Crippen LogP contribution in [0.15, 0.2) is 41.2 Å². The fourth-order valence-corrected chi connectivity index (χ4v) is 0.890. The first-order valence-corrected chi connectivity index (χ1v) is 3.81. The van der Waals surface area contributed by atoms with Crippen molar-refractivity contribution in [2.45, 2.75) is 6.61 Å². The van der Waals surface area contributed by atoms with E-state index in [9.17, 15) is 0 Å². The molecule has 0 bridgehead atoms. The second-order valence-corrected chi connectivity index (χ2v) is 2.39. The van der Waals surface area contributed by atoms with Gasteiger partial charge < -0.3 is 9.26 Å². The third-order valence-electron chi connectivity index (χ3n) is 1.47. The summed E-state index contributed by atoms with van der Waals surface area (Å²) >= 11 is 0. The molecule has 2 rings (SSSR count). The summed E-state index contributed by atoms with van der Waals surface area (Å²) in [5.74, 6) is 1.04. The van der Waals surface area contributed by atoms with Crippen LogP contribution in [0.1, 0.15) is 7.26 Å². The van der Waals surface area contributed by atoms with Crippen LogP contribution >= 0.6 is 0 Å². The van der Waals surface area contributed by atoms with E-state index in [0.717, 1.165) is 5.75 Å². The van der Waals surface area contributed by atoms with Crippen LogP contribution in [0.4, 0.5) is 0 Å². The highest BCUT2D eigenvalue weighted by Crippen LogP contribution is 2.09. The van der Waals surface area contributed by atoms with Gasteiger partial charge in [0.15, 0.2) is 12.9 Å². The van der Waals surface area contributed by atoms with Gasteiger partial charge in [0.2, 0.25) is 0 Å². The zero-order chi connectivity index (χ0) is 9.80. The van der Waals surface area contributed by atoms with Crippen molar-refractivity contribution >= 4 is 0 Å². The molecular formula is C9H8N2O2. The lowest BCUT2D eigenvalue weighted by molar-refractivity contribution is 0.243. The molecule has 0 saturated heterocycles. The molecule has 0 atom stereocenters.